The maximum atomic E-state index is 13.1. The van der Waals surface area contributed by atoms with Crippen molar-refractivity contribution in [3.8, 4) is 5.75 Å². The molecule has 0 saturated carbocycles. The van der Waals surface area contributed by atoms with Crippen LogP contribution in [0.2, 0.25) is 5.02 Å². The number of halogens is 1. The molecule has 3 aromatic carbocycles. The number of ether oxygens (including phenoxy) is 1. The van der Waals surface area contributed by atoms with Crippen LogP contribution in [0.5, 0.6) is 5.75 Å². The Labute approximate surface area is 219 Å². The Bertz CT molecular complexity index is 1370. The Morgan fingerprint density at radius 2 is 1.89 bits per heavy atom. The molecule has 4 rings (SSSR count). The predicted octanol–water partition coefficient (Wildman–Crippen LogP) is 6.69. The molecule has 0 radical (unpaired) electrons. The molecule has 3 aromatic rings. The molecule has 1 heterocycles. The van der Waals surface area contributed by atoms with E-state index in [2.05, 4.69) is 5.32 Å². The van der Waals surface area contributed by atoms with Crippen molar-refractivity contribution in [3.05, 3.63) is 92.8 Å². The van der Waals surface area contributed by atoms with Gasteiger partial charge in [0.15, 0.2) is 10.9 Å². The summed E-state index contributed by atoms with van der Waals surface area (Å²) in [5.41, 5.74) is 5.23. The van der Waals surface area contributed by atoms with Crippen LogP contribution in [-0.2, 0) is 9.59 Å². The quantitative estimate of drug-likeness (QED) is 0.289. The third kappa shape index (κ3) is 5.93. The second-order valence-corrected chi connectivity index (χ2v) is 10.3. The standard InChI is InChI=1S/C27H23ClN2O3S2/c1-16-7-10-23(18(3)11-16)30-26(32)24(35-27(30)34)13-19-5-4-6-21(12-19)33-15-25(31)29-22-14-20(28)9-8-17(22)2/h4-14H,15H2,1-3H3,(H,29,31)/b24-13-. The highest BCUT2D eigenvalue weighted by atomic mass is 35.5. The molecule has 5 nitrogen and oxygen atoms in total. The number of thiocarbonyl (C=S) groups is 1. The van der Waals surface area contributed by atoms with Gasteiger partial charge in [0, 0.05) is 10.7 Å². The van der Waals surface area contributed by atoms with Crippen LogP contribution in [0, 0.1) is 20.8 Å². The number of nitrogens with one attached hydrogen (secondary N) is 1. The minimum Gasteiger partial charge on any atom is -0.484 e. The molecular formula is C27H23ClN2O3S2. The van der Waals surface area contributed by atoms with Crippen molar-refractivity contribution in [2.24, 2.45) is 0 Å². The Morgan fingerprint density at radius 3 is 2.66 bits per heavy atom. The molecule has 0 unspecified atom stereocenters. The monoisotopic (exact) mass is 522 g/mol. The molecule has 1 saturated heterocycles. The van der Waals surface area contributed by atoms with E-state index in [-0.39, 0.29) is 18.4 Å². The SMILES string of the molecule is Cc1ccc(N2C(=O)/C(=C/c3cccc(OCC(=O)Nc4cc(Cl)ccc4C)c3)SC2=S)c(C)c1. The number of carbonyl (C=O) groups excluding carboxylic acids is 2. The molecule has 1 aliphatic heterocycles. The zero-order valence-corrected chi connectivity index (χ0v) is 21.8. The summed E-state index contributed by atoms with van der Waals surface area (Å²) >= 11 is 12.8. The minimum absolute atomic E-state index is 0.158. The normalized spacial score (nSPS) is 14.5. The number of anilines is 2. The van der Waals surface area contributed by atoms with E-state index < -0.39 is 0 Å². The highest BCUT2D eigenvalue weighted by Crippen LogP contribution is 2.37. The van der Waals surface area contributed by atoms with Crippen molar-refractivity contribution in [1.82, 2.24) is 0 Å². The molecule has 1 N–H and O–H groups in total. The van der Waals surface area contributed by atoms with Crippen molar-refractivity contribution in [2.75, 3.05) is 16.8 Å². The molecule has 8 heteroatoms. The van der Waals surface area contributed by atoms with Crippen LogP contribution in [0.1, 0.15) is 22.3 Å². The number of carbonyl (C=O) groups is 2. The van der Waals surface area contributed by atoms with Gasteiger partial charge < -0.3 is 10.1 Å². The van der Waals surface area contributed by atoms with Crippen LogP contribution in [0.4, 0.5) is 11.4 Å². The molecule has 1 aliphatic rings. The summed E-state index contributed by atoms with van der Waals surface area (Å²) in [7, 11) is 0. The molecule has 0 aromatic heterocycles. The summed E-state index contributed by atoms with van der Waals surface area (Å²) in [5.74, 6) is 0.0613. The van der Waals surface area contributed by atoms with Gasteiger partial charge in [0.2, 0.25) is 0 Å². The van der Waals surface area contributed by atoms with E-state index in [0.29, 0.717) is 25.7 Å². The Kier molecular flexibility index (Phi) is 7.60. The second-order valence-electron chi connectivity index (χ2n) is 8.18. The average Bonchev–Trinajstić information content (AvgIpc) is 3.08. The Hall–Kier alpha value is -3.13. The molecule has 178 valence electrons. The number of hydrogen-bond acceptors (Lipinski definition) is 5. The third-order valence-corrected chi connectivity index (χ3v) is 6.92. The van der Waals surface area contributed by atoms with Gasteiger partial charge in [-0.25, -0.2) is 0 Å². The van der Waals surface area contributed by atoms with Gasteiger partial charge >= 0.3 is 0 Å². The van der Waals surface area contributed by atoms with Gasteiger partial charge in [0.25, 0.3) is 11.8 Å². The topological polar surface area (TPSA) is 58.6 Å². The number of thioether (sulfide) groups is 1. The van der Waals surface area contributed by atoms with Crippen LogP contribution in [0.25, 0.3) is 6.08 Å². The summed E-state index contributed by atoms with van der Waals surface area (Å²) in [5, 5.41) is 3.35. The predicted molar refractivity (Wildman–Crippen MR) is 148 cm³/mol. The first-order valence-electron chi connectivity index (χ1n) is 10.9. The van der Waals surface area contributed by atoms with Gasteiger partial charge in [0.05, 0.1) is 10.6 Å². The highest BCUT2D eigenvalue weighted by Gasteiger charge is 2.34. The maximum Gasteiger partial charge on any atom is 0.270 e. The van der Waals surface area contributed by atoms with Crippen molar-refractivity contribution >= 4 is 69.2 Å². The number of aryl methyl sites for hydroxylation is 3. The van der Waals surface area contributed by atoms with Gasteiger partial charge in [0.1, 0.15) is 5.75 Å². The van der Waals surface area contributed by atoms with Crippen LogP contribution in [0.3, 0.4) is 0 Å². The first-order valence-corrected chi connectivity index (χ1v) is 12.5. The van der Waals surface area contributed by atoms with Gasteiger partial charge in [-0.3, -0.25) is 14.5 Å². The molecule has 1 fully saturated rings. The number of rotatable bonds is 6. The Balaban J connectivity index is 1.44. The molecule has 0 bridgehead atoms. The van der Waals surface area contributed by atoms with Crippen LogP contribution < -0.4 is 15.0 Å². The lowest BCUT2D eigenvalue weighted by atomic mass is 10.1. The first kappa shape index (κ1) is 25.0. The largest absolute Gasteiger partial charge is 0.484 e. The van der Waals surface area contributed by atoms with Gasteiger partial charge in [-0.05, 0) is 73.9 Å². The van der Waals surface area contributed by atoms with Gasteiger partial charge in [-0.2, -0.15) is 0 Å². The number of hydrogen-bond donors (Lipinski definition) is 1. The summed E-state index contributed by atoms with van der Waals surface area (Å²) in [4.78, 5) is 27.6. The third-order valence-electron chi connectivity index (χ3n) is 5.39. The molecule has 2 amide bonds. The number of amides is 2. The molecule has 0 atom stereocenters. The van der Waals surface area contributed by atoms with Crippen LogP contribution >= 0.6 is 35.6 Å². The first-order chi connectivity index (χ1) is 16.7. The molecule has 0 spiro atoms. The minimum atomic E-state index is -0.296. The smallest absolute Gasteiger partial charge is 0.270 e. The van der Waals surface area contributed by atoms with Crippen molar-refractivity contribution in [3.63, 3.8) is 0 Å². The maximum absolute atomic E-state index is 13.1. The van der Waals surface area contributed by atoms with Gasteiger partial charge in [-0.1, -0.05) is 71.5 Å². The number of nitrogens with zero attached hydrogens (tertiary/aromatic N) is 1. The summed E-state index contributed by atoms with van der Waals surface area (Å²) in [6, 6.07) is 18.4. The fraction of sp³-hybridized carbons (Fsp3) is 0.148. The number of benzene rings is 3. The van der Waals surface area contributed by atoms with Crippen molar-refractivity contribution in [2.45, 2.75) is 20.8 Å². The van der Waals surface area contributed by atoms with Crippen LogP contribution in [0.15, 0.2) is 65.6 Å². The summed E-state index contributed by atoms with van der Waals surface area (Å²) in [6.45, 7) is 5.70. The zero-order valence-electron chi connectivity index (χ0n) is 19.4. The average molecular weight is 523 g/mol. The van der Waals surface area contributed by atoms with Crippen molar-refractivity contribution in [1.29, 1.82) is 0 Å². The summed E-state index contributed by atoms with van der Waals surface area (Å²) < 4.78 is 6.17. The van der Waals surface area contributed by atoms with Crippen LogP contribution in [-0.4, -0.2) is 22.7 Å². The van der Waals surface area contributed by atoms with E-state index in [1.165, 1.54) is 11.8 Å². The Morgan fingerprint density at radius 1 is 1.09 bits per heavy atom. The zero-order chi connectivity index (χ0) is 25.1. The van der Waals surface area contributed by atoms with E-state index in [4.69, 9.17) is 28.6 Å². The highest BCUT2D eigenvalue weighted by molar-refractivity contribution is 8.27. The fourth-order valence-corrected chi connectivity index (χ4v) is 5.10. The molecular weight excluding hydrogens is 500 g/mol. The van der Waals surface area contributed by atoms with E-state index in [1.807, 2.05) is 57.2 Å². The van der Waals surface area contributed by atoms with E-state index in [0.717, 1.165) is 27.9 Å². The van der Waals surface area contributed by atoms with Crippen molar-refractivity contribution < 1.29 is 14.3 Å². The molecule has 35 heavy (non-hydrogen) atoms. The van der Waals surface area contributed by atoms with Gasteiger partial charge in [-0.15, -0.1) is 0 Å². The van der Waals surface area contributed by atoms with E-state index in [1.54, 1.807) is 35.2 Å². The van der Waals surface area contributed by atoms with E-state index >= 15 is 0 Å². The lowest BCUT2D eigenvalue weighted by molar-refractivity contribution is -0.118. The summed E-state index contributed by atoms with van der Waals surface area (Å²) in [6.07, 6.45) is 1.78. The molecule has 0 aliphatic carbocycles. The second kappa shape index (κ2) is 10.6. The van der Waals surface area contributed by atoms with E-state index in [9.17, 15) is 9.59 Å². The fourth-order valence-electron chi connectivity index (χ4n) is 3.64. The lowest BCUT2D eigenvalue weighted by Crippen LogP contribution is -2.28. The lowest BCUT2D eigenvalue weighted by Gasteiger charge is -2.17.